The monoisotopic (exact) mass is 402 g/mol. The van der Waals surface area contributed by atoms with Crippen LogP contribution in [0.25, 0.3) is 0 Å². The van der Waals surface area contributed by atoms with E-state index in [0.717, 1.165) is 22.6 Å². The highest BCUT2D eigenvalue weighted by Gasteiger charge is 2.10. The van der Waals surface area contributed by atoms with Gasteiger partial charge in [-0.25, -0.2) is 10.4 Å². The number of halogens is 1. The first kappa shape index (κ1) is 19.1. The van der Waals surface area contributed by atoms with Crippen molar-refractivity contribution in [1.82, 2.24) is 20.2 Å². The van der Waals surface area contributed by atoms with Gasteiger partial charge in [-0.3, -0.25) is 9.48 Å². The molecule has 0 unspecified atom stereocenters. The van der Waals surface area contributed by atoms with Crippen LogP contribution in [0, 0.1) is 20.8 Å². The van der Waals surface area contributed by atoms with Crippen LogP contribution in [0.5, 0.6) is 0 Å². The van der Waals surface area contributed by atoms with E-state index in [-0.39, 0.29) is 12.5 Å². The number of hydrogen-bond acceptors (Lipinski definition) is 6. The Hall–Kier alpha value is -2.71. The third-order valence-corrected chi connectivity index (χ3v) is 5.07. The molecule has 2 heterocycles. The predicted octanol–water partition coefficient (Wildman–Crippen LogP) is 3.81. The zero-order chi connectivity index (χ0) is 19.4. The minimum atomic E-state index is -0.267. The lowest BCUT2D eigenvalue weighted by atomic mass is 10.2. The molecule has 7 nitrogen and oxygen atoms in total. The molecule has 27 heavy (non-hydrogen) atoms. The van der Waals surface area contributed by atoms with Gasteiger partial charge in [0.1, 0.15) is 6.54 Å². The van der Waals surface area contributed by atoms with Gasteiger partial charge in [-0.15, -0.1) is 0 Å². The van der Waals surface area contributed by atoms with Crippen molar-refractivity contribution in [2.75, 3.05) is 5.32 Å². The average molecular weight is 403 g/mol. The Morgan fingerprint density at radius 1 is 1.33 bits per heavy atom. The molecule has 0 aliphatic carbocycles. The summed E-state index contributed by atoms with van der Waals surface area (Å²) in [7, 11) is 0. The van der Waals surface area contributed by atoms with Gasteiger partial charge in [0.15, 0.2) is 10.3 Å². The van der Waals surface area contributed by atoms with Gasteiger partial charge in [0.25, 0.3) is 5.91 Å². The summed E-state index contributed by atoms with van der Waals surface area (Å²) in [6.07, 6.45) is 1.49. The van der Waals surface area contributed by atoms with Crippen molar-refractivity contribution in [2.45, 2.75) is 27.3 Å². The molecule has 0 fully saturated rings. The lowest BCUT2D eigenvalue weighted by molar-refractivity contribution is -0.121. The average Bonchev–Trinajstić information content (AvgIpc) is 3.11. The van der Waals surface area contributed by atoms with Gasteiger partial charge in [-0.2, -0.15) is 10.2 Å². The second kappa shape index (κ2) is 8.32. The Balaban J connectivity index is 1.60. The molecule has 0 radical (unpaired) electrons. The molecule has 2 aromatic heterocycles. The van der Waals surface area contributed by atoms with Crippen LogP contribution in [0.2, 0.25) is 5.15 Å². The second-order valence-electron chi connectivity index (χ2n) is 5.99. The summed E-state index contributed by atoms with van der Waals surface area (Å²) in [6.45, 7) is 5.90. The molecule has 0 aliphatic heterocycles. The summed E-state index contributed by atoms with van der Waals surface area (Å²) >= 11 is 7.51. The number of anilines is 2. The van der Waals surface area contributed by atoms with Gasteiger partial charge in [0, 0.05) is 11.4 Å². The number of benzene rings is 1. The summed E-state index contributed by atoms with van der Waals surface area (Å²) in [4.78, 5) is 16.9. The van der Waals surface area contributed by atoms with Crippen LogP contribution in [0.4, 0.5) is 10.8 Å². The maximum absolute atomic E-state index is 12.0. The van der Waals surface area contributed by atoms with E-state index in [1.54, 1.807) is 4.68 Å². The maximum Gasteiger partial charge on any atom is 0.261 e. The predicted molar refractivity (Wildman–Crippen MR) is 109 cm³/mol. The van der Waals surface area contributed by atoms with Crippen molar-refractivity contribution in [2.24, 2.45) is 5.10 Å². The zero-order valence-electron chi connectivity index (χ0n) is 15.2. The van der Waals surface area contributed by atoms with E-state index in [1.165, 1.54) is 17.6 Å². The topological polar surface area (TPSA) is 84.2 Å². The van der Waals surface area contributed by atoms with Crippen LogP contribution in [-0.2, 0) is 11.3 Å². The number of aromatic nitrogens is 3. The summed E-state index contributed by atoms with van der Waals surface area (Å²) < 4.78 is 1.63. The van der Waals surface area contributed by atoms with Gasteiger partial charge in [-0.1, -0.05) is 41.1 Å². The molecule has 140 valence electrons. The third-order valence-electron chi connectivity index (χ3n) is 3.76. The Labute approximate surface area is 166 Å². The highest BCUT2D eigenvalue weighted by molar-refractivity contribution is 7.17. The molecule has 0 bridgehead atoms. The molecular formula is C18H19ClN6OS. The van der Waals surface area contributed by atoms with Crippen molar-refractivity contribution in [3.05, 3.63) is 57.3 Å². The van der Waals surface area contributed by atoms with Gasteiger partial charge in [0.2, 0.25) is 0 Å². The highest BCUT2D eigenvalue weighted by atomic mass is 35.5. The van der Waals surface area contributed by atoms with Gasteiger partial charge >= 0.3 is 0 Å². The number of thiazole rings is 1. The molecule has 2 N–H and O–H groups in total. The lowest BCUT2D eigenvalue weighted by Crippen LogP contribution is -2.24. The van der Waals surface area contributed by atoms with E-state index >= 15 is 0 Å². The SMILES string of the molecule is Cc1cc(C)n(CC(=O)N/N=C/c2sc(Nc3ccccc3C)nc2Cl)n1. The molecule has 9 heteroatoms. The van der Waals surface area contributed by atoms with Gasteiger partial charge < -0.3 is 5.32 Å². The Kier molecular flexibility index (Phi) is 5.88. The van der Waals surface area contributed by atoms with Gasteiger partial charge in [0.05, 0.1) is 16.8 Å². The van der Waals surface area contributed by atoms with E-state index < -0.39 is 0 Å². The minimum absolute atomic E-state index is 0.105. The molecule has 0 saturated heterocycles. The quantitative estimate of drug-likeness (QED) is 0.485. The first-order chi connectivity index (χ1) is 12.9. The van der Waals surface area contributed by atoms with E-state index in [9.17, 15) is 4.79 Å². The van der Waals surface area contributed by atoms with Crippen molar-refractivity contribution >= 4 is 45.9 Å². The van der Waals surface area contributed by atoms with Crippen LogP contribution < -0.4 is 10.7 Å². The number of amides is 1. The van der Waals surface area contributed by atoms with E-state index in [0.29, 0.717) is 15.2 Å². The molecule has 3 rings (SSSR count). The molecule has 0 atom stereocenters. The number of hydrogen-bond donors (Lipinski definition) is 2. The van der Waals surface area contributed by atoms with E-state index in [2.05, 4.69) is 25.9 Å². The van der Waals surface area contributed by atoms with Crippen molar-refractivity contribution < 1.29 is 4.79 Å². The molecule has 1 amide bonds. The lowest BCUT2D eigenvalue weighted by Gasteiger charge is -2.05. The van der Waals surface area contributed by atoms with Crippen LogP contribution >= 0.6 is 22.9 Å². The number of nitrogens with zero attached hydrogens (tertiary/aromatic N) is 4. The highest BCUT2D eigenvalue weighted by Crippen LogP contribution is 2.28. The van der Waals surface area contributed by atoms with Crippen LogP contribution in [0.3, 0.4) is 0 Å². The fourth-order valence-corrected chi connectivity index (χ4v) is 3.48. The van der Waals surface area contributed by atoms with E-state index in [4.69, 9.17) is 11.6 Å². The summed E-state index contributed by atoms with van der Waals surface area (Å²) in [5.74, 6) is -0.267. The number of hydrazone groups is 1. The number of carbonyl (C=O) groups is 1. The first-order valence-corrected chi connectivity index (χ1v) is 9.44. The second-order valence-corrected chi connectivity index (χ2v) is 7.38. The Morgan fingerprint density at radius 3 is 2.81 bits per heavy atom. The van der Waals surface area contributed by atoms with Crippen molar-refractivity contribution in [3.8, 4) is 0 Å². The fourth-order valence-electron chi connectivity index (χ4n) is 2.44. The molecule has 0 aliphatic rings. The fraction of sp³-hybridized carbons (Fsp3) is 0.222. The third kappa shape index (κ3) is 4.93. The number of rotatable bonds is 6. The number of nitrogens with one attached hydrogen (secondary N) is 2. The minimum Gasteiger partial charge on any atom is -0.331 e. The van der Waals surface area contributed by atoms with Crippen molar-refractivity contribution in [1.29, 1.82) is 0 Å². The molecule has 0 saturated carbocycles. The summed E-state index contributed by atoms with van der Waals surface area (Å²) in [5, 5.41) is 12.4. The Bertz CT molecular complexity index is 994. The first-order valence-electron chi connectivity index (χ1n) is 8.24. The van der Waals surface area contributed by atoms with Crippen LogP contribution in [0.15, 0.2) is 35.4 Å². The maximum atomic E-state index is 12.0. The number of carbonyl (C=O) groups excluding carboxylic acids is 1. The summed E-state index contributed by atoms with van der Waals surface area (Å²) in [6, 6.07) is 9.82. The number of aryl methyl sites for hydroxylation is 3. The van der Waals surface area contributed by atoms with Crippen LogP contribution in [-0.4, -0.2) is 26.9 Å². The standard InChI is InChI=1S/C18H19ClN6OS/c1-11-6-4-5-7-14(11)21-18-22-17(19)15(27-18)9-20-23-16(26)10-25-13(3)8-12(2)24-25/h4-9H,10H2,1-3H3,(H,21,22)(H,23,26)/b20-9+. The largest absolute Gasteiger partial charge is 0.331 e. The number of para-hydroxylation sites is 1. The molecule has 0 spiro atoms. The molecule has 3 aromatic rings. The van der Waals surface area contributed by atoms with E-state index in [1.807, 2.05) is 51.1 Å². The Morgan fingerprint density at radius 2 is 2.11 bits per heavy atom. The molecule has 1 aromatic carbocycles. The smallest absolute Gasteiger partial charge is 0.261 e. The molecular weight excluding hydrogens is 384 g/mol. The van der Waals surface area contributed by atoms with Crippen molar-refractivity contribution in [3.63, 3.8) is 0 Å². The van der Waals surface area contributed by atoms with Crippen LogP contribution in [0.1, 0.15) is 21.8 Å². The zero-order valence-corrected chi connectivity index (χ0v) is 16.7. The van der Waals surface area contributed by atoms with Gasteiger partial charge in [-0.05, 0) is 38.5 Å². The normalized spacial score (nSPS) is 11.1. The summed E-state index contributed by atoms with van der Waals surface area (Å²) in [5.41, 5.74) is 6.34.